The van der Waals surface area contributed by atoms with E-state index in [4.69, 9.17) is 0 Å². The van der Waals surface area contributed by atoms with Crippen LogP contribution in [0.15, 0.2) is 24.3 Å². The first kappa shape index (κ1) is 16.3. The molecule has 4 heteroatoms. The number of carbonyl (C=O) groups is 2. The maximum absolute atomic E-state index is 12.6. The van der Waals surface area contributed by atoms with Crippen LogP contribution in [0.1, 0.15) is 62.2 Å². The van der Waals surface area contributed by atoms with E-state index in [1.165, 1.54) is 32.1 Å². The maximum atomic E-state index is 12.6. The molecule has 4 bridgehead atoms. The SMILES string of the molecule is CC(=O)c1ccc(NC(=O)CC23C[C@@H]4C[C@@H](CC(Br)(C4)C2)C3)cc1. The third kappa shape index (κ3) is 3.05. The fourth-order valence-electron chi connectivity index (χ4n) is 5.88. The third-order valence-corrected chi connectivity index (χ3v) is 7.15. The van der Waals surface area contributed by atoms with Gasteiger partial charge in [-0.15, -0.1) is 0 Å². The standard InChI is InChI=1S/C20H24BrNO2/c1-13(23)16-2-4-17(5-3-16)22-18(24)11-19-7-14-6-15(8-19)10-20(21,9-14)12-19/h2-5,14-15H,6-12H2,1H3,(H,22,24)/t14-,15+,19?,20?. The smallest absolute Gasteiger partial charge is 0.224 e. The molecule has 1 aromatic rings. The second kappa shape index (κ2) is 5.69. The Morgan fingerprint density at radius 1 is 1.12 bits per heavy atom. The summed E-state index contributed by atoms with van der Waals surface area (Å²) < 4.78 is 0.292. The van der Waals surface area contributed by atoms with Gasteiger partial charge in [0.2, 0.25) is 5.91 Å². The highest BCUT2D eigenvalue weighted by atomic mass is 79.9. The number of anilines is 1. The average molecular weight is 390 g/mol. The van der Waals surface area contributed by atoms with Gasteiger partial charge in [0.15, 0.2) is 5.78 Å². The van der Waals surface area contributed by atoms with E-state index < -0.39 is 0 Å². The highest BCUT2D eigenvalue weighted by Gasteiger charge is 2.57. The molecule has 3 nitrogen and oxygen atoms in total. The lowest BCUT2D eigenvalue weighted by Gasteiger charge is -2.60. The number of Topliss-reactive ketones (excluding diaryl/α,β-unsaturated/α-hetero) is 1. The van der Waals surface area contributed by atoms with Gasteiger partial charge in [-0.2, -0.15) is 0 Å². The number of nitrogens with one attached hydrogen (secondary N) is 1. The predicted molar refractivity (Wildman–Crippen MR) is 98.5 cm³/mol. The summed E-state index contributed by atoms with van der Waals surface area (Å²) in [4.78, 5) is 24.0. The molecule has 4 aliphatic carbocycles. The van der Waals surface area contributed by atoms with Crippen molar-refractivity contribution in [3.05, 3.63) is 29.8 Å². The number of amides is 1. The van der Waals surface area contributed by atoms with Gasteiger partial charge in [-0.25, -0.2) is 0 Å². The minimum absolute atomic E-state index is 0.0454. The summed E-state index contributed by atoms with van der Waals surface area (Å²) in [6.07, 6.45) is 8.15. The number of halogens is 1. The zero-order valence-corrected chi connectivity index (χ0v) is 15.7. The topological polar surface area (TPSA) is 46.2 Å². The molecule has 4 atom stereocenters. The molecule has 4 fully saturated rings. The molecule has 2 unspecified atom stereocenters. The van der Waals surface area contributed by atoms with E-state index in [1.807, 2.05) is 12.1 Å². The molecule has 1 aromatic carbocycles. The fraction of sp³-hybridized carbons (Fsp3) is 0.600. The van der Waals surface area contributed by atoms with E-state index in [1.54, 1.807) is 19.1 Å². The summed E-state index contributed by atoms with van der Waals surface area (Å²) in [5, 5.41) is 3.03. The minimum Gasteiger partial charge on any atom is -0.326 e. The minimum atomic E-state index is 0.0454. The van der Waals surface area contributed by atoms with Crippen molar-refractivity contribution in [3.8, 4) is 0 Å². The van der Waals surface area contributed by atoms with Gasteiger partial charge in [-0.1, -0.05) is 15.9 Å². The summed E-state index contributed by atoms with van der Waals surface area (Å²) in [6.45, 7) is 1.55. The molecule has 0 heterocycles. The third-order valence-electron chi connectivity index (χ3n) is 6.22. The zero-order chi connectivity index (χ0) is 16.9. The van der Waals surface area contributed by atoms with Crippen LogP contribution < -0.4 is 5.32 Å². The van der Waals surface area contributed by atoms with E-state index in [9.17, 15) is 9.59 Å². The Balaban J connectivity index is 1.43. The van der Waals surface area contributed by atoms with E-state index in [0.717, 1.165) is 23.9 Å². The maximum Gasteiger partial charge on any atom is 0.224 e. The highest BCUT2D eigenvalue weighted by molar-refractivity contribution is 9.10. The van der Waals surface area contributed by atoms with Crippen molar-refractivity contribution in [2.24, 2.45) is 17.3 Å². The molecular weight excluding hydrogens is 366 g/mol. The van der Waals surface area contributed by atoms with Gasteiger partial charge in [0.25, 0.3) is 0 Å². The van der Waals surface area contributed by atoms with Gasteiger partial charge in [0, 0.05) is 22.0 Å². The van der Waals surface area contributed by atoms with E-state index in [-0.39, 0.29) is 17.1 Å². The highest BCUT2D eigenvalue weighted by Crippen LogP contribution is 2.65. The van der Waals surface area contributed by atoms with Crippen molar-refractivity contribution in [2.75, 3.05) is 5.32 Å². The largest absolute Gasteiger partial charge is 0.326 e. The zero-order valence-electron chi connectivity index (χ0n) is 14.1. The summed E-state index contributed by atoms with van der Waals surface area (Å²) >= 11 is 4.01. The van der Waals surface area contributed by atoms with Crippen LogP contribution in [0.25, 0.3) is 0 Å². The molecule has 0 aromatic heterocycles. The Labute approximate surface area is 151 Å². The van der Waals surface area contributed by atoms with E-state index in [0.29, 0.717) is 16.3 Å². The van der Waals surface area contributed by atoms with Gasteiger partial charge < -0.3 is 5.32 Å². The lowest BCUT2D eigenvalue weighted by atomic mass is 9.48. The number of rotatable bonds is 4. The van der Waals surface area contributed by atoms with Crippen molar-refractivity contribution in [1.29, 1.82) is 0 Å². The Hall–Kier alpha value is -1.16. The number of hydrogen-bond donors (Lipinski definition) is 1. The first-order valence-corrected chi connectivity index (χ1v) is 9.74. The summed E-state index contributed by atoms with van der Waals surface area (Å²) in [7, 11) is 0. The molecule has 0 radical (unpaired) electrons. The molecule has 1 amide bonds. The van der Waals surface area contributed by atoms with Gasteiger partial charge in [-0.05, 0) is 87.0 Å². The van der Waals surface area contributed by atoms with Crippen molar-refractivity contribution < 1.29 is 9.59 Å². The molecular formula is C20H24BrNO2. The van der Waals surface area contributed by atoms with Gasteiger partial charge in [0.1, 0.15) is 0 Å². The van der Waals surface area contributed by atoms with Crippen LogP contribution in [0.2, 0.25) is 0 Å². The summed E-state index contributed by atoms with van der Waals surface area (Å²) in [5.74, 6) is 1.76. The van der Waals surface area contributed by atoms with Gasteiger partial charge >= 0.3 is 0 Å². The van der Waals surface area contributed by atoms with Crippen LogP contribution in [0.3, 0.4) is 0 Å². The number of alkyl halides is 1. The van der Waals surface area contributed by atoms with Crippen LogP contribution in [-0.4, -0.2) is 16.0 Å². The second-order valence-corrected chi connectivity index (χ2v) is 10.2. The quantitative estimate of drug-likeness (QED) is 0.584. The Morgan fingerprint density at radius 3 is 2.29 bits per heavy atom. The molecule has 24 heavy (non-hydrogen) atoms. The van der Waals surface area contributed by atoms with E-state index >= 15 is 0 Å². The summed E-state index contributed by atoms with van der Waals surface area (Å²) in [6, 6.07) is 7.19. The lowest BCUT2D eigenvalue weighted by Crippen LogP contribution is -2.53. The molecule has 4 saturated carbocycles. The first-order chi connectivity index (χ1) is 11.3. The lowest BCUT2D eigenvalue weighted by molar-refractivity contribution is -0.123. The first-order valence-electron chi connectivity index (χ1n) is 8.95. The number of benzene rings is 1. The molecule has 1 N–H and O–H groups in total. The van der Waals surface area contributed by atoms with Gasteiger partial charge in [-0.3, -0.25) is 9.59 Å². The fourth-order valence-corrected chi connectivity index (χ4v) is 7.39. The Kier molecular flexibility index (Phi) is 3.87. The molecule has 4 aliphatic rings. The van der Waals surface area contributed by atoms with E-state index in [2.05, 4.69) is 21.2 Å². The monoisotopic (exact) mass is 389 g/mol. The van der Waals surface area contributed by atoms with Gasteiger partial charge in [0.05, 0.1) is 0 Å². The van der Waals surface area contributed by atoms with Crippen LogP contribution in [0.5, 0.6) is 0 Å². The number of carbonyl (C=O) groups excluding carboxylic acids is 2. The van der Waals surface area contributed by atoms with Crippen LogP contribution in [-0.2, 0) is 4.79 Å². The Bertz CT molecular complexity index is 667. The Morgan fingerprint density at radius 2 is 1.75 bits per heavy atom. The van der Waals surface area contributed by atoms with Crippen molar-refractivity contribution >= 4 is 33.3 Å². The van der Waals surface area contributed by atoms with Crippen molar-refractivity contribution in [2.45, 2.75) is 56.2 Å². The predicted octanol–water partition coefficient (Wildman–Crippen LogP) is 4.95. The van der Waals surface area contributed by atoms with Crippen LogP contribution in [0, 0.1) is 17.3 Å². The average Bonchev–Trinajstić information content (AvgIpc) is 2.44. The molecule has 0 aliphatic heterocycles. The normalized spacial score (nSPS) is 36.6. The number of hydrogen-bond acceptors (Lipinski definition) is 2. The molecule has 0 spiro atoms. The molecule has 128 valence electrons. The number of ketones is 1. The molecule has 0 saturated heterocycles. The second-order valence-electron chi connectivity index (χ2n) is 8.47. The van der Waals surface area contributed by atoms with Crippen molar-refractivity contribution in [1.82, 2.24) is 0 Å². The summed E-state index contributed by atoms with van der Waals surface area (Å²) in [5.41, 5.74) is 1.65. The van der Waals surface area contributed by atoms with Crippen LogP contribution >= 0.6 is 15.9 Å². The molecule has 5 rings (SSSR count). The van der Waals surface area contributed by atoms with Crippen molar-refractivity contribution in [3.63, 3.8) is 0 Å². The van der Waals surface area contributed by atoms with Crippen LogP contribution in [0.4, 0.5) is 5.69 Å².